The van der Waals surface area contributed by atoms with Crippen molar-refractivity contribution in [3.63, 3.8) is 0 Å². The summed E-state index contributed by atoms with van der Waals surface area (Å²) in [6, 6.07) is 0. The van der Waals surface area contributed by atoms with Gasteiger partial charge in [-0.2, -0.15) is 0 Å². The Labute approximate surface area is 135 Å². The molecule has 1 unspecified atom stereocenters. The van der Waals surface area contributed by atoms with Crippen molar-refractivity contribution in [2.24, 2.45) is 29.6 Å². The van der Waals surface area contributed by atoms with E-state index in [1.54, 1.807) is 0 Å². The van der Waals surface area contributed by atoms with E-state index in [-0.39, 0.29) is 5.54 Å². The lowest BCUT2D eigenvalue weighted by atomic mass is 9.53. The average molecular weight is 305 g/mol. The lowest BCUT2D eigenvalue weighted by Gasteiger charge is -2.56. The second-order valence-corrected chi connectivity index (χ2v) is 9.53. The Kier molecular flexibility index (Phi) is 3.75. The van der Waals surface area contributed by atoms with Crippen LogP contribution in [0.15, 0.2) is 0 Å². The van der Waals surface area contributed by atoms with Gasteiger partial charge in [0.1, 0.15) is 0 Å². The van der Waals surface area contributed by atoms with Crippen molar-refractivity contribution in [3.05, 3.63) is 0 Å². The van der Waals surface area contributed by atoms with Crippen LogP contribution >= 0.6 is 0 Å². The van der Waals surface area contributed by atoms with Gasteiger partial charge >= 0.3 is 0 Å². The van der Waals surface area contributed by atoms with Crippen molar-refractivity contribution < 1.29 is 9.69 Å². The van der Waals surface area contributed by atoms with Gasteiger partial charge in [0, 0.05) is 17.4 Å². The fourth-order valence-corrected chi connectivity index (χ4v) is 6.90. The zero-order chi connectivity index (χ0) is 15.3. The summed E-state index contributed by atoms with van der Waals surface area (Å²) in [7, 11) is 0. The van der Waals surface area contributed by atoms with E-state index < -0.39 is 0 Å². The molecule has 0 aromatic rings. The maximum Gasteiger partial charge on any atom is 0.275 e. The number of hydrogen-bond donors (Lipinski definition) is 2. The summed E-state index contributed by atoms with van der Waals surface area (Å²) in [6.07, 6.45) is 9.48. The molecule has 5 fully saturated rings. The Morgan fingerprint density at radius 1 is 0.955 bits per heavy atom. The Morgan fingerprint density at radius 2 is 1.45 bits per heavy atom. The normalized spacial score (nSPS) is 50.1. The average Bonchev–Trinajstić information content (AvgIpc) is 2.33. The highest BCUT2D eigenvalue weighted by Gasteiger charge is 2.51. The van der Waals surface area contributed by atoms with Crippen LogP contribution in [0.3, 0.4) is 0 Å². The van der Waals surface area contributed by atoms with Gasteiger partial charge in [-0.05, 0) is 62.7 Å². The Hall–Kier alpha value is -0.570. The summed E-state index contributed by atoms with van der Waals surface area (Å²) in [5.74, 6) is 4.60. The van der Waals surface area contributed by atoms with Crippen LogP contribution in [0.25, 0.3) is 0 Å². The van der Waals surface area contributed by atoms with E-state index in [1.165, 1.54) is 62.9 Å². The monoisotopic (exact) mass is 305 g/mol. The summed E-state index contributed by atoms with van der Waals surface area (Å²) >= 11 is 0. The lowest BCUT2D eigenvalue weighted by molar-refractivity contribution is -0.904. The van der Waals surface area contributed by atoms with E-state index in [0.717, 1.165) is 29.6 Å². The molecule has 124 valence electrons. The molecule has 3 heteroatoms. The Morgan fingerprint density at radius 3 is 1.95 bits per heavy atom. The van der Waals surface area contributed by atoms with Gasteiger partial charge in [-0.1, -0.05) is 13.8 Å². The minimum Gasteiger partial charge on any atom is -0.346 e. The summed E-state index contributed by atoms with van der Waals surface area (Å²) in [4.78, 5) is 14.2. The molecule has 1 amide bonds. The van der Waals surface area contributed by atoms with E-state index >= 15 is 0 Å². The van der Waals surface area contributed by atoms with Crippen LogP contribution in [0.5, 0.6) is 0 Å². The molecule has 2 N–H and O–H groups in total. The number of carbonyl (C=O) groups excluding carboxylic acids is 1. The number of nitrogens with one attached hydrogen (secondary N) is 2. The second-order valence-electron chi connectivity index (χ2n) is 9.53. The van der Waals surface area contributed by atoms with Gasteiger partial charge in [0.25, 0.3) is 5.91 Å². The number of hydrogen-bond acceptors (Lipinski definition) is 1. The van der Waals surface area contributed by atoms with Gasteiger partial charge in [-0.25, -0.2) is 0 Å². The zero-order valence-corrected chi connectivity index (χ0v) is 14.4. The molecule has 5 rings (SSSR count). The van der Waals surface area contributed by atoms with Gasteiger partial charge in [0.15, 0.2) is 6.54 Å². The molecule has 0 spiro atoms. The molecule has 3 nitrogen and oxygen atoms in total. The van der Waals surface area contributed by atoms with Crippen LogP contribution in [0.4, 0.5) is 0 Å². The highest BCUT2D eigenvalue weighted by Crippen LogP contribution is 2.55. The van der Waals surface area contributed by atoms with Gasteiger partial charge < -0.3 is 10.2 Å². The van der Waals surface area contributed by atoms with E-state index in [9.17, 15) is 4.79 Å². The van der Waals surface area contributed by atoms with E-state index in [1.807, 2.05) is 0 Å². The molecule has 1 aliphatic heterocycles. The molecule has 4 saturated carbocycles. The second kappa shape index (κ2) is 5.51. The Bertz CT molecular complexity index is 401. The van der Waals surface area contributed by atoms with Crippen molar-refractivity contribution in [2.45, 2.75) is 64.3 Å². The number of piperidine rings is 1. The van der Waals surface area contributed by atoms with Crippen molar-refractivity contribution in [2.75, 3.05) is 19.6 Å². The van der Waals surface area contributed by atoms with Gasteiger partial charge in [-0.15, -0.1) is 0 Å². The van der Waals surface area contributed by atoms with E-state index in [2.05, 4.69) is 19.2 Å². The summed E-state index contributed by atoms with van der Waals surface area (Å²) in [5, 5.41) is 3.54. The van der Waals surface area contributed by atoms with Gasteiger partial charge in [0.2, 0.25) is 0 Å². The van der Waals surface area contributed by atoms with Crippen LogP contribution < -0.4 is 10.2 Å². The maximum absolute atomic E-state index is 12.7. The topological polar surface area (TPSA) is 33.5 Å². The minimum atomic E-state index is 0.193. The van der Waals surface area contributed by atoms with Crippen molar-refractivity contribution >= 4 is 5.91 Å². The molecule has 4 bridgehead atoms. The van der Waals surface area contributed by atoms with E-state index in [4.69, 9.17) is 0 Å². The fourth-order valence-electron chi connectivity index (χ4n) is 6.90. The number of likely N-dealkylation sites (tertiary alicyclic amines) is 1. The third-order valence-electron chi connectivity index (χ3n) is 6.93. The lowest BCUT2D eigenvalue weighted by Crippen LogP contribution is -3.15. The molecular weight excluding hydrogens is 272 g/mol. The molecule has 0 aromatic carbocycles. The number of carbonyl (C=O) groups is 1. The summed E-state index contributed by atoms with van der Waals surface area (Å²) in [6.45, 7) is 7.74. The summed E-state index contributed by atoms with van der Waals surface area (Å²) in [5.41, 5.74) is 0.193. The minimum absolute atomic E-state index is 0.193. The zero-order valence-electron chi connectivity index (χ0n) is 14.4. The van der Waals surface area contributed by atoms with E-state index in [0.29, 0.717) is 12.5 Å². The molecule has 0 radical (unpaired) electrons. The van der Waals surface area contributed by atoms with Gasteiger partial charge in [0.05, 0.1) is 13.1 Å². The smallest absolute Gasteiger partial charge is 0.275 e. The number of rotatable bonds is 3. The first kappa shape index (κ1) is 15.0. The van der Waals surface area contributed by atoms with Crippen molar-refractivity contribution in [1.82, 2.24) is 5.32 Å². The van der Waals surface area contributed by atoms with Crippen LogP contribution in [0, 0.1) is 29.6 Å². The molecule has 1 saturated heterocycles. The molecule has 4 aliphatic carbocycles. The maximum atomic E-state index is 12.7. The molecule has 0 aromatic heterocycles. The largest absolute Gasteiger partial charge is 0.346 e. The standard InChI is InChI=1S/C19H32N2O/c1-13-3-14(2)11-21(10-13)12-18(22)20-19-7-15-4-16(8-19)6-17(5-15)9-19/h13-17H,3-12H2,1-2H3,(H,20,22)/p+1/t13-,14+,15?,16?,17?,19?. The highest BCUT2D eigenvalue weighted by atomic mass is 16.2. The predicted octanol–water partition coefficient (Wildman–Crippen LogP) is 1.63. The van der Waals surface area contributed by atoms with Crippen LogP contribution in [-0.4, -0.2) is 31.1 Å². The fraction of sp³-hybridized carbons (Fsp3) is 0.947. The molecule has 22 heavy (non-hydrogen) atoms. The van der Waals surface area contributed by atoms with Crippen molar-refractivity contribution in [3.8, 4) is 0 Å². The highest BCUT2D eigenvalue weighted by molar-refractivity contribution is 5.77. The van der Waals surface area contributed by atoms with Gasteiger partial charge in [-0.3, -0.25) is 4.79 Å². The third kappa shape index (κ3) is 2.93. The number of quaternary nitrogens is 1. The molecular formula is C19H33N2O+. The summed E-state index contributed by atoms with van der Waals surface area (Å²) < 4.78 is 0. The first-order valence-electron chi connectivity index (χ1n) is 9.64. The Balaban J connectivity index is 1.36. The SMILES string of the molecule is C[C@@H]1C[C@H](C)C[NH+](CC(=O)NC23CC4CC(CC(C4)C2)C3)C1. The first-order chi connectivity index (χ1) is 10.5. The van der Waals surface area contributed by atoms with Crippen LogP contribution in [0.2, 0.25) is 0 Å². The molecule has 3 atom stereocenters. The quantitative estimate of drug-likeness (QED) is 0.816. The molecule has 5 aliphatic rings. The van der Waals surface area contributed by atoms with Crippen LogP contribution in [-0.2, 0) is 4.79 Å². The number of amides is 1. The first-order valence-corrected chi connectivity index (χ1v) is 9.64. The molecule has 1 heterocycles. The van der Waals surface area contributed by atoms with Crippen molar-refractivity contribution in [1.29, 1.82) is 0 Å². The predicted molar refractivity (Wildman–Crippen MR) is 87.6 cm³/mol. The third-order valence-corrected chi connectivity index (χ3v) is 6.93. The van der Waals surface area contributed by atoms with Crippen LogP contribution in [0.1, 0.15) is 58.8 Å².